The van der Waals surface area contributed by atoms with E-state index in [1.807, 2.05) is 25.3 Å². The molecule has 0 unspecified atom stereocenters. The van der Waals surface area contributed by atoms with Gasteiger partial charge in [0.05, 0.1) is 9.35 Å². The molecule has 0 aliphatic heterocycles. The first-order chi connectivity index (χ1) is 6.94. The van der Waals surface area contributed by atoms with Gasteiger partial charge in [0, 0.05) is 17.8 Å². The van der Waals surface area contributed by atoms with Gasteiger partial charge in [0.25, 0.3) is 5.91 Å². The standard InChI is InChI=1S/C10H13BrClNOS/c1-10(2,5-12)6-13-9(14)7-3-8(11)15-4-7/h3-4H,5-6H2,1-2H3,(H,13,14). The molecule has 0 aromatic carbocycles. The Labute approximate surface area is 107 Å². The zero-order valence-electron chi connectivity index (χ0n) is 8.64. The third-order valence-electron chi connectivity index (χ3n) is 1.92. The molecule has 84 valence electrons. The van der Waals surface area contributed by atoms with E-state index in [0.717, 1.165) is 3.79 Å². The van der Waals surface area contributed by atoms with E-state index in [9.17, 15) is 4.79 Å². The van der Waals surface area contributed by atoms with Crippen molar-refractivity contribution in [3.63, 3.8) is 0 Å². The Morgan fingerprint density at radius 2 is 2.33 bits per heavy atom. The Balaban J connectivity index is 2.50. The number of nitrogens with one attached hydrogen (secondary N) is 1. The highest BCUT2D eigenvalue weighted by Gasteiger charge is 2.18. The van der Waals surface area contributed by atoms with Crippen LogP contribution in [0.1, 0.15) is 24.2 Å². The summed E-state index contributed by atoms with van der Waals surface area (Å²) in [5, 5.41) is 4.69. The van der Waals surface area contributed by atoms with Crippen molar-refractivity contribution in [1.82, 2.24) is 5.32 Å². The predicted octanol–water partition coefficient (Wildman–Crippen LogP) is 3.51. The molecule has 1 rings (SSSR count). The van der Waals surface area contributed by atoms with Gasteiger partial charge in [0.15, 0.2) is 0 Å². The minimum Gasteiger partial charge on any atom is -0.351 e. The number of thiophene rings is 1. The van der Waals surface area contributed by atoms with E-state index < -0.39 is 0 Å². The van der Waals surface area contributed by atoms with Crippen molar-refractivity contribution < 1.29 is 4.79 Å². The summed E-state index contributed by atoms with van der Waals surface area (Å²) in [6, 6.07) is 1.81. The van der Waals surface area contributed by atoms with Crippen LogP contribution in [0.5, 0.6) is 0 Å². The fraction of sp³-hybridized carbons (Fsp3) is 0.500. The van der Waals surface area contributed by atoms with Crippen LogP contribution < -0.4 is 5.32 Å². The first-order valence-electron chi connectivity index (χ1n) is 4.53. The maximum Gasteiger partial charge on any atom is 0.252 e. The minimum atomic E-state index is -0.0650. The number of carbonyl (C=O) groups excluding carboxylic acids is 1. The number of halogens is 2. The molecule has 1 aromatic heterocycles. The summed E-state index contributed by atoms with van der Waals surface area (Å²) < 4.78 is 0.962. The number of amides is 1. The SMILES string of the molecule is CC(C)(CCl)CNC(=O)c1csc(Br)c1. The summed E-state index contributed by atoms with van der Waals surface area (Å²) in [6.07, 6.45) is 0. The van der Waals surface area contributed by atoms with Crippen LogP contribution in [0.25, 0.3) is 0 Å². The topological polar surface area (TPSA) is 29.1 Å². The van der Waals surface area contributed by atoms with Crippen LogP contribution in [-0.2, 0) is 0 Å². The molecule has 1 heterocycles. The minimum absolute atomic E-state index is 0.0462. The Bertz CT molecular complexity index is 351. The highest BCUT2D eigenvalue weighted by Crippen LogP contribution is 2.21. The fourth-order valence-electron chi connectivity index (χ4n) is 0.898. The molecule has 5 heteroatoms. The molecule has 2 nitrogen and oxygen atoms in total. The average molecular weight is 311 g/mol. The van der Waals surface area contributed by atoms with Gasteiger partial charge in [-0.25, -0.2) is 0 Å². The van der Waals surface area contributed by atoms with E-state index in [0.29, 0.717) is 18.0 Å². The molecule has 1 amide bonds. The average Bonchev–Trinajstić information content (AvgIpc) is 2.61. The van der Waals surface area contributed by atoms with Crippen molar-refractivity contribution in [1.29, 1.82) is 0 Å². The summed E-state index contributed by atoms with van der Waals surface area (Å²) >= 11 is 10.6. The summed E-state index contributed by atoms with van der Waals surface area (Å²) in [6.45, 7) is 4.62. The number of hydrogen-bond donors (Lipinski definition) is 1. The molecule has 15 heavy (non-hydrogen) atoms. The normalized spacial score (nSPS) is 11.5. The van der Waals surface area contributed by atoms with Crippen molar-refractivity contribution >= 4 is 44.8 Å². The second kappa shape index (κ2) is 5.32. The lowest BCUT2D eigenvalue weighted by atomic mass is 9.96. The number of carbonyl (C=O) groups is 1. The number of alkyl halides is 1. The molecule has 0 saturated carbocycles. The molecule has 0 atom stereocenters. The van der Waals surface area contributed by atoms with Gasteiger partial charge in [-0.15, -0.1) is 22.9 Å². The molecule has 0 bridgehead atoms. The molecule has 0 saturated heterocycles. The summed E-state index contributed by atoms with van der Waals surface area (Å²) in [7, 11) is 0. The monoisotopic (exact) mass is 309 g/mol. The molecular formula is C10H13BrClNOS. The molecule has 1 aromatic rings. The molecule has 0 aliphatic rings. The zero-order chi connectivity index (χ0) is 11.5. The Hall–Kier alpha value is -0.0600. The van der Waals surface area contributed by atoms with Crippen LogP contribution in [-0.4, -0.2) is 18.3 Å². The first-order valence-corrected chi connectivity index (χ1v) is 6.73. The van der Waals surface area contributed by atoms with Gasteiger partial charge in [-0.1, -0.05) is 13.8 Å². The third-order valence-corrected chi connectivity index (χ3v) is 4.15. The molecular weight excluding hydrogens is 298 g/mol. The van der Waals surface area contributed by atoms with Crippen molar-refractivity contribution in [3.05, 3.63) is 20.8 Å². The van der Waals surface area contributed by atoms with Crippen molar-refractivity contribution in [2.24, 2.45) is 5.41 Å². The lowest BCUT2D eigenvalue weighted by Crippen LogP contribution is -2.34. The van der Waals surface area contributed by atoms with Crippen molar-refractivity contribution in [2.45, 2.75) is 13.8 Å². The fourth-order valence-corrected chi connectivity index (χ4v) is 2.13. The zero-order valence-corrected chi connectivity index (χ0v) is 11.8. The molecule has 1 N–H and O–H groups in total. The van der Waals surface area contributed by atoms with Gasteiger partial charge in [-0.3, -0.25) is 4.79 Å². The van der Waals surface area contributed by atoms with Gasteiger partial charge >= 0.3 is 0 Å². The Kier molecular flexibility index (Phi) is 4.62. The van der Waals surface area contributed by atoms with E-state index in [4.69, 9.17) is 11.6 Å². The number of hydrogen-bond acceptors (Lipinski definition) is 2. The smallest absolute Gasteiger partial charge is 0.252 e. The second-order valence-corrected chi connectivity index (χ2v) is 6.68. The van der Waals surface area contributed by atoms with E-state index >= 15 is 0 Å². The van der Waals surface area contributed by atoms with E-state index in [2.05, 4.69) is 21.2 Å². The first kappa shape index (κ1) is 13.0. The summed E-state index contributed by atoms with van der Waals surface area (Å²) in [4.78, 5) is 11.7. The van der Waals surface area contributed by atoms with E-state index in [1.165, 1.54) is 11.3 Å². The van der Waals surface area contributed by atoms with Crippen LogP contribution in [0.2, 0.25) is 0 Å². The maximum atomic E-state index is 11.7. The summed E-state index contributed by atoms with van der Waals surface area (Å²) in [5.74, 6) is 0.482. The molecule has 0 aliphatic carbocycles. The van der Waals surface area contributed by atoms with Gasteiger partial charge in [-0.05, 0) is 27.4 Å². The largest absolute Gasteiger partial charge is 0.351 e. The Morgan fingerprint density at radius 1 is 1.67 bits per heavy atom. The van der Waals surface area contributed by atoms with Crippen molar-refractivity contribution in [2.75, 3.05) is 12.4 Å². The quantitative estimate of drug-likeness (QED) is 0.847. The van der Waals surface area contributed by atoms with Gasteiger partial charge in [0.1, 0.15) is 0 Å². The van der Waals surface area contributed by atoms with Gasteiger partial charge < -0.3 is 5.32 Å². The van der Waals surface area contributed by atoms with Crippen molar-refractivity contribution in [3.8, 4) is 0 Å². The highest BCUT2D eigenvalue weighted by atomic mass is 79.9. The molecule has 0 fully saturated rings. The van der Waals surface area contributed by atoms with E-state index in [-0.39, 0.29) is 11.3 Å². The van der Waals surface area contributed by atoms with E-state index in [1.54, 1.807) is 0 Å². The van der Waals surface area contributed by atoms with Crippen LogP contribution in [0.4, 0.5) is 0 Å². The maximum absolute atomic E-state index is 11.7. The molecule has 0 radical (unpaired) electrons. The predicted molar refractivity (Wildman–Crippen MR) is 68.9 cm³/mol. The summed E-state index contributed by atoms with van der Waals surface area (Å²) in [5.41, 5.74) is 0.627. The molecule has 0 spiro atoms. The lowest BCUT2D eigenvalue weighted by molar-refractivity contribution is 0.0940. The third kappa shape index (κ3) is 4.13. The van der Waals surface area contributed by atoms with Crippen LogP contribution in [0.3, 0.4) is 0 Å². The van der Waals surface area contributed by atoms with Gasteiger partial charge in [-0.2, -0.15) is 0 Å². The second-order valence-electron chi connectivity index (χ2n) is 4.12. The van der Waals surface area contributed by atoms with Gasteiger partial charge in [0.2, 0.25) is 0 Å². The number of rotatable bonds is 4. The lowest BCUT2D eigenvalue weighted by Gasteiger charge is -2.21. The van der Waals surface area contributed by atoms with Crippen LogP contribution in [0.15, 0.2) is 15.2 Å². The van der Waals surface area contributed by atoms with Crippen LogP contribution in [0, 0.1) is 5.41 Å². The highest BCUT2D eigenvalue weighted by molar-refractivity contribution is 9.11. The Morgan fingerprint density at radius 3 is 2.80 bits per heavy atom. The van der Waals surface area contributed by atoms with Crippen LogP contribution >= 0.6 is 38.9 Å².